The number of rotatable bonds is 6. The predicted octanol–water partition coefficient (Wildman–Crippen LogP) is 3.36. The average molecular weight is 241 g/mol. The SMILES string of the molecule is CCCCCc1sc(C)nc1C(=O)OCC. The number of esters is 1. The maximum absolute atomic E-state index is 11.6. The first kappa shape index (κ1) is 13.2. The highest BCUT2D eigenvalue weighted by Gasteiger charge is 2.17. The van der Waals surface area contributed by atoms with Crippen molar-refractivity contribution in [3.05, 3.63) is 15.6 Å². The van der Waals surface area contributed by atoms with Crippen LogP contribution in [-0.4, -0.2) is 17.6 Å². The monoisotopic (exact) mass is 241 g/mol. The number of nitrogens with zero attached hydrogens (tertiary/aromatic N) is 1. The number of hydrogen-bond donors (Lipinski definition) is 0. The van der Waals surface area contributed by atoms with Gasteiger partial charge in [-0.3, -0.25) is 0 Å². The summed E-state index contributed by atoms with van der Waals surface area (Å²) in [6.07, 6.45) is 4.43. The third-order valence-electron chi connectivity index (χ3n) is 2.28. The number of hydrogen-bond acceptors (Lipinski definition) is 4. The van der Waals surface area contributed by atoms with Gasteiger partial charge in [0.05, 0.1) is 11.6 Å². The van der Waals surface area contributed by atoms with E-state index < -0.39 is 0 Å². The molecule has 0 aliphatic carbocycles. The molecule has 3 nitrogen and oxygen atoms in total. The molecule has 1 aromatic heterocycles. The topological polar surface area (TPSA) is 39.2 Å². The molecule has 0 atom stereocenters. The molecule has 0 saturated carbocycles. The van der Waals surface area contributed by atoms with Crippen LogP contribution in [0.3, 0.4) is 0 Å². The number of ether oxygens (including phenoxy) is 1. The van der Waals surface area contributed by atoms with Gasteiger partial charge in [-0.15, -0.1) is 11.3 Å². The molecular formula is C12H19NO2S. The summed E-state index contributed by atoms with van der Waals surface area (Å²) in [5, 5.41) is 0.939. The molecule has 16 heavy (non-hydrogen) atoms. The maximum Gasteiger partial charge on any atom is 0.358 e. The Morgan fingerprint density at radius 3 is 2.75 bits per heavy atom. The minimum Gasteiger partial charge on any atom is -0.461 e. The van der Waals surface area contributed by atoms with Crippen molar-refractivity contribution < 1.29 is 9.53 Å². The Kier molecular flexibility index (Phi) is 5.46. The van der Waals surface area contributed by atoms with Crippen LogP contribution in [0.5, 0.6) is 0 Å². The van der Waals surface area contributed by atoms with Crippen LogP contribution in [0.4, 0.5) is 0 Å². The zero-order chi connectivity index (χ0) is 12.0. The Hall–Kier alpha value is -0.900. The van der Waals surface area contributed by atoms with E-state index in [1.807, 2.05) is 13.8 Å². The van der Waals surface area contributed by atoms with Crippen LogP contribution in [0, 0.1) is 6.92 Å². The molecule has 0 unspecified atom stereocenters. The normalized spacial score (nSPS) is 10.4. The van der Waals surface area contributed by atoms with Gasteiger partial charge in [0.2, 0.25) is 0 Å². The standard InChI is InChI=1S/C12H19NO2S/c1-4-6-7-8-10-11(12(14)15-5-2)13-9(3)16-10/h4-8H2,1-3H3. The molecule has 0 bridgehead atoms. The van der Waals surface area contributed by atoms with E-state index in [2.05, 4.69) is 11.9 Å². The summed E-state index contributed by atoms with van der Waals surface area (Å²) in [6, 6.07) is 0. The van der Waals surface area contributed by atoms with Crippen LogP contribution < -0.4 is 0 Å². The first-order valence-electron chi connectivity index (χ1n) is 5.82. The molecule has 0 radical (unpaired) electrons. The van der Waals surface area contributed by atoms with Gasteiger partial charge in [0.15, 0.2) is 5.69 Å². The lowest BCUT2D eigenvalue weighted by atomic mass is 10.1. The fraction of sp³-hybridized carbons (Fsp3) is 0.667. The van der Waals surface area contributed by atoms with E-state index >= 15 is 0 Å². The van der Waals surface area contributed by atoms with Crippen molar-refractivity contribution in [2.24, 2.45) is 0 Å². The van der Waals surface area contributed by atoms with E-state index in [1.165, 1.54) is 12.8 Å². The third kappa shape index (κ3) is 3.59. The van der Waals surface area contributed by atoms with E-state index in [9.17, 15) is 4.79 Å². The lowest BCUT2D eigenvalue weighted by molar-refractivity contribution is 0.0519. The maximum atomic E-state index is 11.6. The first-order valence-corrected chi connectivity index (χ1v) is 6.64. The summed E-state index contributed by atoms with van der Waals surface area (Å²) in [5.74, 6) is -0.279. The van der Waals surface area contributed by atoms with Crippen LogP contribution in [0.1, 0.15) is 53.5 Å². The summed E-state index contributed by atoms with van der Waals surface area (Å²) in [5.41, 5.74) is 0.528. The van der Waals surface area contributed by atoms with E-state index in [4.69, 9.17) is 4.74 Å². The smallest absolute Gasteiger partial charge is 0.358 e. The quantitative estimate of drug-likeness (QED) is 0.566. The van der Waals surface area contributed by atoms with Gasteiger partial charge in [0.25, 0.3) is 0 Å². The average Bonchev–Trinajstić information content (AvgIpc) is 2.61. The lowest BCUT2D eigenvalue weighted by Crippen LogP contribution is -2.07. The zero-order valence-corrected chi connectivity index (χ0v) is 11.0. The van der Waals surface area contributed by atoms with E-state index in [0.29, 0.717) is 12.3 Å². The highest BCUT2D eigenvalue weighted by molar-refractivity contribution is 7.11. The van der Waals surface area contributed by atoms with Gasteiger partial charge < -0.3 is 4.74 Å². The number of thiazole rings is 1. The molecule has 0 N–H and O–H groups in total. The van der Waals surface area contributed by atoms with Gasteiger partial charge in [-0.05, 0) is 26.7 Å². The first-order chi connectivity index (χ1) is 7.69. The second-order valence-electron chi connectivity index (χ2n) is 3.68. The van der Waals surface area contributed by atoms with Crippen LogP contribution in [0.25, 0.3) is 0 Å². The van der Waals surface area contributed by atoms with Gasteiger partial charge in [-0.2, -0.15) is 0 Å². The third-order valence-corrected chi connectivity index (χ3v) is 3.31. The van der Waals surface area contributed by atoms with Crippen molar-refractivity contribution in [1.82, 2.24) is 4.98 Å². The van der Waals surface area contributed by atoms with Crippen molar-refractivity contribution in [2.45, 2.75) is 46.5 Å². The van der Waals surface area contributed by atoms with Gasteiger partial charge in [0, 0.05) is 4.88 Å². The number of carbonyl (C=O) groups is 1. The molecule has 0 aromatic carbocycles. The molecule has 0 amide bonds. The molecule has 0 aliphatic heterocycles. The van der Waals surface area contributed by atoms with Crippen molar-refractivity contribution in [3.63, 3.8) is 0 Å². The second kappa shape index (κ2) is 6.63. The Bertz CT molecular complexity index is 347. The molecule has 90 valence electrons. The largest absolute Gasteiger partial charge is 0.461 e. The minimum absolute atomic E-state index is 0.279. The van der Waals surface area contributed by atoms with Crippen molar-refractivity contribution in [2.75, 3.05) is 6.61 Å². The highest BCUT2D eigenvalue weighted by Crippen LogP contribution is 2.21. The summed E-state index contributed by atoms with van der Waals surface area (Å²) in [4.78, 5) is 17.0. The molecule has 0 spiro atoms. The number of aromatic nitrogens is 1. The fourth-order valence-corrected chi connectivity index (χ4v) is 2.50. The molecule has 0 fully saturated rings. The zero-order valence-electron chi connectivity index (χ0n) is 10.2. The molecule has 0 aliphatic rings. The molecule has 1 rings (SSSR count). The Morgan fingerprint density at radius 2 is 2.12 bits per heavy atom. The molecule has 1 heterocycles. The number of unbranched alkanes of at least 4 members (excludes halogenated alkanes) is 2. The van der Waals surface area contributed by atoms with Gasteiger partial charge in [-0.1, -0.05) is 19.8 Å². The van der Waals surface area contributed by atoms with Crippen LogP contribution >= 0.6 is 11.3 Å². The van der Waals surface area contributed by atoms with Crippen LogP contribution in [0.2, 0.25) is 0 Å². The molecule has 0 saturated heterocycles. The summed E-state index contributed by atoms with van der Waals surface area (Å²) >= 11 is 1.61. The van der Waals surface area contributed by atoms with Crippen molar-refractivity contribution >= 4 is 17.3 Å². The second-order valence-corrected chi connectivity index (χ2v) is 4.97. The Balaban J connectivity index is 2.70. The number of aryl methyl sites for hydroxylation is 2. The number of carbonyl (C=O) groups excluding carboxylic acids is 1. The fourth-order valence-electron chi connectivity index (χ4n) is 1.53. The van der Waals surface area contributed by atoms with Crippen LogP contribution in [0.15, 0.2) is 0 Å². The predicted molar refractivity (Wildman–Crippen MR) is 66.0 cm³/mol. The van der Waals surface area contributed by atoms with Crippen molar-refractivity contribution in [1.29, 1.82) is 0 Å². The summed E-state index contributed by atoms with van der Waals surface area (Å²) < 4.78 is 4.99. The van der Waals surface area contributed by atoms with Crippen LogP contribution in [-0.2, 0) is 11.2 Å². The summed E-state index contributed by atoms with van der Waals surface area (Å²) in [7, 11) is 0. The Morgan fingerprint density at radius 1 is 1.38 bits per heavy atom. The van der Waals surface area contributed by atoms with E-state index in [1.54, 1.807) is 11.3 Å². The van der Waals surface area contributed by atoms with E-state index in [-0.39, 0.29) is 5.97 Å². The van der Waals surface area contributed by atoms with Gasteiger partial charge >= 0.3 is 5.97 Å². The molecule has 1 aromatic rings. The molecule has 4 heteroatoms. The van der Waals surface area contributed by atoms with Gasteiger partial charge in [0.1, 0.15) is 0 Å². The minimum atomic E-state index is -0.279. The Labute approximate surface area is 101 Å². The van der Waals surface area contributed by atoms with E-state index in [0.717, 1.165) is 22.7 Å². The molecular weight excluding hydrogens is 222 g/mol. The van der Waals surface area contributed by atoms with Crippen molar-refractivity contribution in [3.8, 4) is 0 Å². The van der Waals surface area contributed by atoms with Gasteiger partial charge in [-0.25, -0.2) is 9.78 Å². The lowest BCUT2D eigenvalue weighted by Gasteiger charge is -2.01. The summed E-state index contributed by atoms with van der Waals surface area (Å²) in [6.45, 7) is 6.32. The highest BCUT2D eigenvalue weighted by atomic mass is 32.1.